The highest BCUT2D eigenvalue weighted by Crippen LogP contribution is 2.26. The summed E-state index contributed by atoms with van der Waals surface area (Å²) < 4.78 is 27.5. The van der Waals surface area contributed by atoms with Crippen LogP contribution >= 0.6 is 11.3 Å². The van der Waals surface area contributed by atoms with Crippen LogP contribution in [0.25, 0.3) is 23.1 Å². The van der Waals surface area contributed by atoms with Crippen LogP contribution in [0.5, 0.6) is 0 Å². The molecular weight excluding hydrogens is 394 g/mol. The number of halogens is 2. The molecule has 0 aliphatic rings. The van der Waals surface area contributed by atoms with Crippen molar-refractivity contribution >= 4 is 46.0 Å². The van der Waals surface area contributed by atoms with Crippen molar-refractivity contribution in [2.45, 2.75) is 6.04 Å². The Morgan fingerprint density at radius 2 is 1.97 bits per heavy atom. The van der Waals surface area contributed by atoms with Gasteiger partial charge in [-0.05, 0) is 41.3 Å². The van der Waals surface area contributed by atoms with Gasteiger partial charge in [0.05, 0.1) is 16.9 Å². The van der Waals surface area contributed by atoms with Crippen molar-refractivity contribution in [3.8, 4) is 0 Å². The third kappa shape index (κ3) is 4.08. The third-order valence-corrected chi connectivity index (χ3v) is 5.33. The van der Waals surface area contributed by atoms with Gasteiger partial charge in [0.15, 0.2) is 0 Å². The number of nitrogens with zero attached hydrogens (tertiary/aromatic N) is 1. The second-order valence-electron chi connectivity index (χ2n) is 6.35. The van der Waals surface area contributed by atoms with Gasteiger partial charge in [0.25, 0.3) is 0 Å². The molecular formula is C21H16F2N4OS. The van der Waals surface area contributed by atoms with Crippen LogP contribution in [-0.4, -0.2) is 16.1 Å². The first-order chi connectivity index (χ1) is 14.0. The number of nitrogens with one attached hydrogen (secondary N) is 2. The zero-order chi connectivity index (χ0) is 20.4. The minimum Gasteiger partial charge on any atom is -0.322 e. The minimum absolute atomic E-state index is 0.0207. The smallest absolute Gasteiger partial charge is 0.246 e. The number of nitrogens with two attached hydrogens (primary N) is 1. The molecule has 8 heteroatoms. The highest BCUT2D eigenvalue weighted by Gasteiger charge is 2.19. The number of carbonyl (C=O) groups is 1. The molecule has 0 radical (unpaired) electrons. The van der Waals surface area contributed by atoms with Crippen molar-refractivity contribution in [1.29, 1.82) is 0 Å². The van der Waals surface area contributed by atoms with Gasteiger partial charge >= 0.3 is 0 Å². The molecule has 5 nitrogen and oxygen atoms in total. The van der Waals surface area contributed by atoms with E-state index in [4.69, 9.17) is 5.73 Å². The summed E-state index contributed by atoms with van der Waals surface area (Å²) in [6, 6.07) is 11.4. The number of anilines is 1. The van der Waals surface area contributed by atoms with E-state index in [2.05, 4.69) is 15.5 Å². The number of aromatic amines is 1. The van der Waals surface area contributed by atoms with Crippen LogP contribution in [-0.2, 0) is 4.79 Å². The van der Waals surface area contributed by atoms with E-state index >= 15 is 0 Å². The Balaban J connectivity index is 1.60. The lowest BCUT2D eigenvalue weighted by Crippen LogP contribution is -2.27. The van der Waals surface area contributed by atoms with Crippen LogP contribution in [0.15, 0.2) is 53.9 Å². The number of aromatic nitrogens is 2. The van der Waals surface area contributed by atoms with Gasteiger partial charge in [0.1, 0.15) is 17.7 Å². The number of rotatable bonds is 5. The third-order valence-electron chi connectivity index (χ3n) is 4.37. The SMILES string of the molecule is N[C@@H](C(=O)Nc1cc2c(/C=C/c3ccc(F)cc3)n[nH]c2cc1F)c1cccs1. The molecule has 29 heavy (non-hydrogen) atoms. The number of hydrogen-bond donors (Lipinski definition) is 3. The Labute approximate surface area is 168 Å². The lowest BCUT2D eigenvalue weighted by Gasteiger charge is -2.11. The van der Waals surface area contributed by atoms with Crippen molar-refractivity contribution in [3.63, 3.8) is 0 Å². The number of amides is 1. The number of carbonyl (C=O) groups excluding carboxylic acids is 1. The Morgan fingerprint density at radius 3 is 2.69 bits per heavy atom. The van der Waals surface area contributed by atoms with Crippen LogP contribution in [0.4, 0.5) is 14.5 Å². The molecule has 0 unspecified atom stereocenters. The molecule has 1 atom stereocenters. The van der Waals surface area contributed by atoms with Crippen molar-refractivity contribution in [2.75, 3.05) is 5.32 Å². The zero-order valence-corrected chi connectivity index (χ0v) is 15.8. The maximum absolute atomic E-state index is 14.4. The molecule has 2 heterocycles. The normalized spacial score (nSPS) is 12.5. The summed E-state index contributed by atoms with van der Waals surface area (Å²) in [5.74, 6) is -1.41. The molecule has 4 rings (SSSR count). The average molecular weight is 410 g/mol. The summed E-state index contributed by atoms with van der Waals surface area (Å²) in [5, 5.41) is 11.9. The predicted octanol–water partition coefficient (Wildman–Crippen LogP) is 4.71. The molecule has 0 bridgehead atoms. The molecule has 0 aliphatic heterocycles. The standard InChI is InChI=1S/C21H16F2N4OS/c22-13-6-3-12(4-7-13)5-8-16-14-10-18(15(23)11-17(14)27-26-16)25-21(28)20(24)19-2-1-9-29-19/h1-11,20H,24H2,(H,25,28)(H,26,27)/b8-5+/t20-/m1/s1. The van der Waals surface area contributed by atoms with Crippen LogP contribution < -0.4 is 11.1 Å². The summed E-state index contributed by atoms with van der Waals surface area (Å²) in [7, 11) is 0. The highest BCUT2D eigenvalue weighted by molar-refractivity contribution is 7.10. The molecule has 0 aliphatic carbocycles. The lowest BCUT2D eigenvalue weighted by molar-refractivity contribution is -0.117. The first-order valence-electron chi connectivity index (χ1n) is 8.72. The second-order valence-corrected chi connectivity index (χ2v) is 7.33. The van der Waals surface area contributed by atoms with E-state index in [9.17, 15) is 13.6 Å². The van der Waals surface area contributed by atoms with Gasteiger partial charge < -0.3 is 11.1 Å². The van der Waals surface area contributed by atoms with Crippen LogP contribution in [0.2, 0.25) is 0 Å². The van der Waals surface area contributed by atoms with Crippen LogP contribution in [0.1, 0.15) is 22.2 Å². The van der Waals surface area contributed by atoms with E-state index in [1.165, 1.54) is 35.6 Å². The van der Waals surface area contributed by atoms with E-state index in [1.807, 2.05) is 5.38 Å². The Hall–Kier alpha value is -3.36. The van der Waals surface area contributed by atoms with Gasteiger partial charge in [-0.15, -0.1) is 11.3 Å². The quantitative estimate of drug-likeness (QED) is 0.445. The molecule has 4 N–H and O–H groups in total. The number of hydrogen-bond acceptors (Lipinski definition) is 4. The molecule has 2 aromatic carbocycles. The first kappa shape index (κ1) is 19.0. The Kier molecular flexibility index (Phi) is 5.20. The molecule has 4 aromatic rings. The highest BCUT2D eigenvalue weighted by atomic mass is 32.1. The maximum Gasteiger partial charge on any atom is 0.246 e. The molecule has 0 fully saturated rings. The molecule has 0 saturated heterocycles. The molecule has 1 amide bonds. The lowest BCUT2D eigenvalue weighted by atomic mass is 10.1. The largest absolute Gasteiger partial charge is 0.322 e. The van der Waals surface area contributed by atoms with Gasteiger partial charge in [-0.25, -0.2) is 8.78 Å². The van der Waals surface area contributed by atoms with Crippen molar-refractivity contribution in [3.05, 3.63) is 81.7 Å². The summed E-state index contributed by atoms with van der Waals surface area (Å²) in [4.78, 5) is 13.1. The van der Waals surface area contributed by atoms with Crippen LogP contribution in [0, 0.1) is 11.6 Å². The second kappa shape index (κ2) is 7.94. The number of fused-ring (bicyclic) bond motifs is 1. The van der Waals surface area contributed by atoms with E-state index in [1.54, 1.807) is 36.4 Å². The number of thiophene rings is 1. The molecule has 146 valence electrons. The Bertz CT molecular complexity index is 1180. The van der Waals surface area contributed by atoms with Gasteiger partial charge in [0.2, 0.25) is 5.91 Å². The van der Waals surface area contributed by atoms with Gasteiger partial charge in [-0.2, -0.15) is 5.10 Å². The monoisotopic (exact) mass is 410 g/mol. The fraction of sp³-hybridized carbons (Fsp3) is 0.0476. The fourth-order valence-electron chi connectivity index (χ4n) is 2.84. The number of benzene rings is 2. The van der Waals surface area contributed by atoms with E-state index in [0.717, 1.165) is 5.56 Å². The summed E-state index contributed by atoms with van der Waals surface area (Å²) in [6.45, 7) is 0. The summed E-state index contributed by atoms with van der Waals surface area (Å²) in [6.07, 6.45) is 3.50. The van der Waals surface area contributed by atoms with Crippen molar-refractivity contribution in [2.24, 2.45) is 5.73 Å². The maximum atomic E-state index is 14.4. The summed E-state index contributed by atoms with van der Waals surface area (Å²) >= 11 is 1.36. The van der Waals surface area contributed by atoms with E-state index in [0.29, 0.717) is 21.5 Å². The molecule has 0 spiro atoms. The molecule has 0 saturated carbocycles. The van der Waals surface area contributed by atoms with Gasteiger partial charge in [-0.3, -0.25) is 9.89 Å². The van der Waals surface area contributed by atoms with Crippen LogP contribution in [0.3, 0.4) is 0 Å². The number of H-pyrrole nitrogens is 1. The minimum atomic E-state index is -0.882. The van der Waals surface area contributed by atoms with Crippen molar-refractivity contribution in [1.82, 2.24) is 10.2 Å². The first-order valence-corrected chi connectivity index (χ1v) is 9.60. The Morgan fingerprint density at radius 1 is 1.17 bits per heavy atom. The molecule has 2 aromatic heterocycles. The average Bonchev–Trinajstić information content (AvgIpc) is 3.37. The summed E-state index contributed by atoms with van der Waals surface area (Å²) in [5.41, 5.74) is 7.80. The van der Waals surface area contributed by atoms with E-state index < -0.39 is 17.8 Å². The fourth-order valence-corrected chi connectivity index (χ4v) is 3.56. The zero-order valence-electron chi connectivity index (χ0n) is 15.0. The predicted molar refractivity (Wildman–Crippen MR) is 111 cm³/mol. The van der Waals surface area contributed by atoms with E-state index in [-0.39, 0.29) is 11.5 Å². The van der Waals surface area contributed by atoms with Gasteiger partial charge in [0, 0.05) is 16.3 Å². The van der Waals surface area contributed by atoms with Gasteiger partial charge in [-0.1, -0.05) is 24.3 Å². The van der Waals surface area contributed by atoms with Crippen molar-refractivity contribution < 1.29 is 13.6 Å². The topological polar surface area (TPSA) is 83.8 Å².